The number of phenolic OH excluding ortho intramolecular Hbond substituents is 4. The van der Waals surface area contributed by atoms with Crippen LogP contribution in [0.25, 0.3) is 0 Å². The molecule has 1 aliphatic heterocycles. The van der Waals surface area contributed by atoms with Crippen LogP contribution < -0.4 is 18.9 Å². The van der Waals surface area contributed by atoms with E-state index in [4.69, 9.17) is 85.3 Å². The van der Waals surface area contributed by atoms with Crippen molar-refractivity contribution in [2.24, 2.45) is 20.0 Å². The molecule has 2 saturated carbocycles. The minimum atomic E-state index is -1.13. The third-order valence-corrected chi connectivity index (χ3v) is 18.0. The van der Waals surface area contributed by atoms with Crippen molar-refractivity contribution in [1.82, 2.24) is 0 Å². The van der Waals surface area contributed by atoms with Crippen molar-refractivity contribution in [2.75, 3.05) is 0 Å². The van der Waals surface area contributed by atoms with Crippen molar-refractivity contribution in [1.29, 1.82) is 0 Å². The maximum absolute atomic E-state index is 13.6. The second kappa shape index (κ2) is 30.0. The van der Waals surface area contributed by atoms with Gasteiger partial charge in [0, 0.05) is 69.4 Å². The van der Waals surface area contributed by atoms with Crippen LogP contribution >= 0.6 is 46.4 Å². The smallest absolute Gasteiger partial charge is 0.329 e. The van der Waals surface area contributed by atoms with Gasteiger partial charge in [-0.2, -0.15) is 0 Å². The van der Waals surface area contributed by atoms with Gasteiger partial charge < -0.3 is 39.4 Å². The van der Waals surface area contributed by atoms with E-state index in [-0.39, 0.29) is 109 Å². The van der Waals surface area contributed by atoms with Crippen LogP contribution in [0.3, 0.4) is 0 Å². The predicted octanol–water partition coefficient (Wildman–Crippen LogP) is 15.5. The highest BCUT2D eigenvalue weighted by molar-refractivity contribution is 6.31. The predicted molar refractivity (Wildman–Crippen MR) is 358 cm³/mol. The van der Waals surface area contributed by atoms with E-state index in [0.29, 0.717) is 70.2 Å². The molecule has 3 aliphatic rings. The van der Waals surface area contributed by atoms with Crippen LogP contribution in [0.2, 0.25) is 0 Å². The first-order chi connectivity index (χ1) is 42.1. The molecule has 16 nitrogen and oxygen atoms in total. The molecule has 2 aliphatic carbocycles. The summed E-state index contributed by atoms with van der Waals surface area (Å²) in [7, 11) is 0. The van der Waals surface area contributed by atoms with Gasteiger partial charge in [-0.15, -0.1) is 46.4 Å². The minimum absolute atomic E-state index is 0.0351. The summed E-state index contributed by atoms with van der Waals surface area (Å²) in [5, 5.41) is 42.1. The van der Waals surface area contributed by atoms with Gasteiger partial charge >= 0.3 is 23.9 Å². The van der Waals surface area contributed by atoms with Crippen molar-refractivity contribution in [3.05, 3.63) is 93.0 Å². The van der Waals surface area contributed by atoms with E-state index in [1.165, 1.54) is 24.3 Å². The van der Waals surface area contributed by atoms with E-state index in [9.17, 15) is 39.6 Å². The molecule has 0 spiro atoms. The van der Waals surface area contributed by atoms with Crippen LogP contribution in [0.1, 0.15) is 217 Å². The zero-order valence-electron chi connectivity index (χ0n) is 53.8. The molecule has 0 amide bonds. The lowest BCUT2D eigenvalue weighted by Gasteiger charge is -2.26. The zero-order chi connectivity index (χ0) is 66.2. The Kier molecular flexibility index (Phi) is 23.8. The summed E-state index contributed by atoms with van der Waals surface area (Å²) < 4.78 is 23.5. The van der Waals surface area contributed by atoms with E-state index in [1.54, 1.807) is 49.1 Å². The standard InChI is InChI=1S/C70H88Cl4N4O12/c1-67(2,3)47-31-43-27-39(59(47)79)35-75-55-23-13-14-24-56(55)76-36-40-28-44(32-48(60(40)80)68(4,5)6)89-65(85)53(73)21-18-22-54(74)66(86)90-46-30-42(62(82)50(34-46)70(10,11)12)38-78-58-26-16-15-25-57(58)77-37-41-29-45(33-49(61(41)81)69(7,8)9)88-64(84)52(72)20-17-19-51(71)63(83)87-43/h27-38,51-58,79-82H,13-26H2,1-12H3/t51?,52?,53?,54?,55-,56-,57-,58-/m1/s1. The van der Waals surface area contributed by atoms with Crippen molar-refractivity contribution >= 4 is 95.1 Å². The molecule has 0 radical (unpaired) electrons. The van der Waals surface area contributed by atoms with Gasteiger partial charge in [0.25, 0.3) is 0 Å². The third kappa shape index (κ3) is 19.0. The van der Waals surface area contributed by atoms with E-state index in [1.807, 2.05) is 83.1 Å². The van der Waals surface area contributed by atoms with Crippen molar-refractivity contribution in [2.45, 2.75) is 240 Å². The number of hydrogen-bond acceptors (Lipinski definition) is 16. The SMILES string of the molecule is CC(C)(C)c1cc2cc(c1O)C=N[C@@H]1CCCC[C@H]1N=Cc1cc(cc(C(C)(C)C)c1O)OC(=O)C(Cl)CCCC(Cl)C(=O)Oc1cc(c(O)c(C(C)(C)C)c1)C=N[C@@H]1CCCC[C@H]1N=Cc1cc(cc(C(C)(C)C)c1O)OC(=O)C(Cl)CCCC(Cl)C(=O)O2. The highest BCUT2D eigenvalue weighted by atomic mass is 35.5. The summed E-state index contributed by atoms with van der Waals surface area (Å²) in [5.41, 5.74) is 0.892. The van der Waals surface area contributed by atoms with Gasteiger partial charge in [0.1, 0.15) is 67.5 Å². The molecule has 8 atom stereocenters. The summed E-state index contributed by atoms with van der Waals surface area (Å²) >= 11 is 26.7. The monoisotopic (exact) mass is 1320 g/mol. The Labute approximate surface area is 549 Å². The van der Waals surface area contributed by atoms with Crippen LogP contribution in [-0.4, -0.2) is 115 Å². The average Bonchev–Trinajstić information content (AvgIpc) is 0.884. The van der Waals surface area contributed by atoms with E-state index >= 15 is 0 Å². The Balaban J connectivity index is 1.20. The third-order valence-electron chi connectivity index (χ3n) is 16.4. The number of fused-ring (bicyclic) bond motifs is 10. The van der Waals surface area contributed by atoms with Gasteiger partial charge in [-0.1, -0.05) is 109 Å². The molecule has 1 heterocycles. The molecule has 488 valence electrons. The van der Waals surface area contributed by atoms with Gasteiger partial charge in [0.15, 0.2) is 0 Å². The normalized spacial score (nSPS) is 23.8. The minimum Gasteiger partial charge on any atom is -0.507 e. The number of carbonyl (C=O) groups excluding carboxylic acids is 4. The summed E-state index contributed by atoms with van der Waals surface area (Å²) in [6, 6.07) is 11.2. The fraction of sp³-hybridized carbons (Fsp3) is 0.543. The number of aliphatic imine (C=N–C) groups is 4. The van der Waals surface area contributed by atoms with Crippen LogP contribution in [0.5, 0.6) is 46.0 Å². The molecular formula is C70H88Cl4N4O12. The van der Waals surface area contributed by atoms with Gasteiger partial charge in [-0.05, 0) is 134 Å². The molecule has 4 aromatic rings. The lowest BCUT2D eigenvalue weighted by molar-refractivity contribution is -0.135. The number of carbonyl (C=O) groups is 4. The first-order valence-corrected chi connectivity index (χ1v) is 32.9. The number of esters is 4. The van der Waals surface area contributed by atoms with Gasteiger partial charge in [0.2, 0.25) is 0 Å². The molecule has 4 unspecified atom stereocenters. The number of phenols is 4. The van der Waals surface area contributed by atoms with Gasteiger partial charge in [0.05, 0.1) is 24.2 Å². The number of ether oxygens (including phenoxy) is 4. The molecule has 0 saturated heterocycles. The number of aromatic hydroxyl groups is 4. The average molecular weight is 1320 g/mol. The summed E-state index contributed by atoms with van der Waals surface area (Å²) in [6.45, 7) is 23.0. The highest BCUT2D eigenvalue weighted by Crippen LogP contribution is 2.42. The van der Waals surface area contributed by atoms with E-state index < -0.39 is 67.0 Å². The maximum atomic E-state index is 13.6. The maximum Gasteiger partial charge on any atom is 0.329 e. The molecule has 0 aromatic heterocycles. The second-order valence-electron chi connectivity index (χ2n) is 28.0. The fourth-order valence-corrected chi connectivity index (χ4v) is 12.0. The largest absolute Gasteiger partial charge is 0.507 e. The molecule has 4 aromatic carbocycles. The second-order valence-corrected chi connectivity index (χ2v) is 30.1. The number of halogens is 4. The molecule has 2 fully saturated rings. The van der Waals surface area contributed by atoms with Crippen LogP contribution in [0.4, 0.5) is 0 Å². The molecule has 4 N–H and O–H groups in total. The number of hydrogen-bond donors (Lipinski definition) is 4. The Hall–Kier alpha value is -6.20. The lowest BCUT2D eigenvalue weighted by Crippen LogP contribution is -2.27. The topological polar surface area (TPSA) is 236 Å². The number of nitrogens with zero attached hydrogens (tertiary/aromatic N) is 4. The fourth-order valence-electron chi connectivity index (χ4n) is 11.2. The Morgan fingerprint density at radius 3 is 0.689 bits per heavy atom. The number of benzene rings is 4. The number of rotatable bonds is 0. The Bertz CT molecular complexity index is 2950. The van der Waals surface area contributed by atoms with Crippen molar-refractivity contribution in [3.63, 3.8) is 0 Å². The molecular weight excluding hydrogens is 1230 g/mol. The Morgan fingerprint density at radius 2 is 0.511 bits per heavy atom. The molecule has 7 rings (SSSR count). The number of alkyl halides is 4. The Morgan fingerprint density at radius 1 is 0.322 bits per heavy atom. The zero-order valence-corrected chi connectivity index (χ0v) is 56.8. The van der Waals surface area contributed by atoms with Crippen molar-refractivity contribution < 1.29 is 58.6 Å². The van der Waals surface area contributed by atoms with Crippen LogP contribution in [0.15, 0.2) is 68.5 Å². The van der Waals surface area contributed by atoms with Crippen LogP contribution in [-0.2, 0) is 40.8 Å². The van der Waals surface area contributed by atoms with E-state index in [0.717, 1.165) is 25.7 Å². The van der Waals surface area contributed by atoms with Gasteiger partial charge in [-0.3, -0.25) is 39.1 Å². The summed E-state index contributed by atoms with van der Waals surface area (Å²) in [4.78, 5) is 74.3. The highest BCUT2D eigenvalue weighted by Gasteiger charge is 2.32. The first-order valence-electron chi connectivity index (χ1n) is 31.1. The summed E-state index contributed by atoms with van der Waals surface area (Å²) in [5.74, 6) is -2.54. The quantitative estimate of drug-likeness (QED) is 0.0731. The van der Waals surface area contributed by atoms with Crippen LogP contribution in [0, 0.1) is 0 Å². The lowest BCUT2D eigenvalue weighted by atomic mass is 9.85. The summed E-state index contributed by atoms with van der Waals surface area (Å²) in [6.07, 6.45) is 13.3. The van der Waals surface area contributed by atoms with E-state index in [2.05, 4.69) is 0 Å². The molecule has 20 heteroatoms. The first kappa shape index (κ1) is 71.2. The molecule has 8 bridgehead atoms. The van der Waals surface area contributed by atoms with Crippen molar-refractivity contribution in [3.8, 4) is 46.0 Å². The van der Waals surface area contributed by atoms with Gasteiger partial charge in [-0.25, -0.2) is 0 Å². The molecule has 90 heavy (non-hydrogen) atoms.